The van der Waals surface area contributed by atoms with E-state index in [2.05, 4.69) is 61.6 Å². The van der Waals surface area contributed by atoms with Crippen LogP contribution in [0.4, 0.5) is 5.95 Å². The van der Waals surface area contributed by atoms with E-state index in [-0.39, 0.29) is 12.1 Å². The number of hydrogen-bond donors (Lipinski definition) is 1. The zero-order valence-electron chi connectivity index (χ0n) is 19.0. The summed E-state index contributed by atoms with van der Waals surface area (Å²) >= 11 is 7.95. The summed E-state index contributed by atoms with van der Waals surface area (Å²) in [5.41, 5.74) is 7.65. The van der Waals surface area contributed by atoms with Gasteiger partial charge >= 0.3 is 0 Å². The molecule has 170 valence electrons. The smallest absolute Gasteiger partial charge is 0.227 e. The van der Waals surface area contributed by atoms with Crippen LogP contribution >= 0.6 is 23.4 Å². The lowest BCUT2D eigenvalue weighted by Gasteiger charge is -2.39. The molecule has 0 unspecified atom stereocenters. The average Bonchev–Trinajstić information content (AvgIpc) is 3.26. The maximum Gasteiger partial charge on any atom is 0.227 e. The first-order valence-electron chi connectivity index (χ1n) is 11.1. The predicted molar refractivity (Wildman–Crippen MR) is 138 cm³/mol. The molecule has 6 rings (SSSR count). The second-order valence-corrected chi connectivity index (χ2v) is 9.90. The van der Waals surface area contributed by atoms with Crippen molar-refractivity contribution in [2.45, 2.75) is 31.1 Å². The molecule has 2 atom stereocenters. The summed E-state index contributed by atoms with van der Waals surface area (Å²) in [6, 6.07) is 22.6. The molecule has 3 heterocycles. The van der Waals surface area contributed by atoms with Crippen molar-refractivity contribution in [3.05, 3.63) is 105 Å². The Hall–Kier alpha value is -3.22. The van der Waals surface area contributed by atoms with E-state index >= 15 is 0 Å². The number of ether oxygens (including phenoxy) is 1. The molecule has 5 nitrogen and oxygen atoms in total. The van der Waals surface area contributed by atoms with Gasteiger partial charge in [-0.05, 0) is 55.5 Å². The number of anilines is 1. The molecule has 2 aliphatic rings. The van der Waals surface area contributed by atoms with Gasteiger partial charge in [0, 0.05) is 16.2 Å². The third-order valence-corrected chi connectivity index (χ3v) is 7.11. The minimum atomic E-state index is -0.335. The number of hydrogen-bond acceptors (Lipinski definition) is 5. The third-order valence-electron chi connectivity index (χ3n) is 6.34. The first kappa shape index (κ1) is 21.3. The highest BCUT2D eigenvalue weighted by Crippen LogP contribution is 2.51. The van der Waals surface area contributed by atoms with Crippen LogP contribution in [-0.4, -0.2) is 21.0 Å². The number of fused-ring (bicyclic) bond motifs is 3. The van der Waals surface area contributed by atoms with Crippen molar-refractivity contribution < 1.29 is 4.74 Å². The lowest BCUT2D eigenvalue weighted by Crippen LogP contribution is -2.32. The minimum absolute atomic E-state index is 0.183. The molecule has 0 radical (unpaired) electrons. The minimum Gasteiger partial charge on any atom is -0.480 e. The van der Waals surface area contributed by atoms with Gasteiger partial charge in [-0.1, -0.05) is 77.0 Å². The van der Waals surface area contributed by atoms with Crippen LogP contribution in [0, 0.1) is 13.8 Å². The van der Waals surface area contributed by atoms with Crippen molar-refractivity contribution in [3.63, 3.8) is 0 Å². The second-order valence-electron chi connectivity index (χ2n) is 8.69. The first-order valence-corrected chi connectivity index (χ1v) is 12.7. The lowest BCUT2D eigenvalue weighted by atomic mass is 9.84. The van der Waals surface area contributed by atoms with Crippen molar-refractivity contribution in [1.82, 2.24) is 14.8 Å². The molecule has 0 saturated carbocycles. The number of nitrogens with one attached hydrogen (secondary N) is 1. The third kappa shape index (κ3) is 3.49. The maximum atomic E-state index is 6.70. The largest absolute Gasteiger partial charge is 0.480 e. The van der Waals surface area contributed by atoms with Gasteiger partial charge in [0.25, 0.3) is 0 Å². The molecule has 2 aliphatic heterocycles. The topological polar surface area (TPSA) is 52.0 Å². The predicted octanol–water partition coefficient (Wildman–Crippen LogP) is 6.83. The number of rotatable bonds is 3. The molecule has 3 aromatic carbocycles. The Labute approximate surface area is 207 Å². The van der Waals surface area contributed by atoms with E-state index in [4.69, 9.17) is 26.4 Å². The molecular formula is C27H23ClN4OS. The van der Waals surface area contributed by atoms with Crippen molar-refractivity contribution >= 4 is 35.0 Å². The summed E-state index contributed by atoms with van der Waals surface area (Å²) < 4.78 is 8.68. The van der Waals surface area contributed by atoms with E-state index in [1.54, 1.807) is 0 Å². The van der Waals surface area contributed by atoms with Crippen LogP contribution in [-0.2, 0) is 0 Å². The SMILES string of the molecule is CSc1nc2n(n1)[C@H](c1ccc(C)cc1)C1=C(N2)c2cc(C)ccc2O[C@@H]1c1cccc(Cl)c1. The molecule has 0 aliphatic carbocycles. The Balaban J connectivity index is 1.65. The monoisotopic (exact) mass is 486 g/mol. The number of halogens is 1. The van der Waals surface area contributed by atoms with Crippen molar-refractivity contribution in [2.24, 2.45) is 0 Å². The van der Waals surface area contributed by atoms with Gasteiger partial charge < -0.3 is 10.1 Å². The van der Waals surface area contributed by atoms with Crippen LogP contribution in [0.25, 0.3) is 5.70 Å². The fourth-order valence-electron chi connectivity index (χ4n) is 4.72. The highest BCUT2D eigenvalue weighted by Gasteiger charge is 2.41. The van der Waals surface area contributed by atoms with Gasteiger partial charge in [-0.2, -0.15) is 4.98 Å². The quantitative estimate of drug-likeness (QED) is 0.321. The number of nitrogens with zero attached hydrogens (tertiary/aromatic N) is 3. The molecule has 7 heteroatoms. The standard InChI is InChI=1S/C27H23ClN4OS/c1-15-7-10-17(11-8-15)24-22-23(29-26-30-27(34-3)31-32(24)26)20-13-16(2)9-12-21(20)33-25(22)18-5-4-6-19(28)14-18/h4-14,24-25H,1-3H3,(H,29,30,31)/t24-,25-/m1/s1. The van der Waals surface area contributed by atoms with Gasteiger partial charge in [0.05, 0.1) is 5.70 Å². The Bertz CT molecular complexity index is 1440. The van der Waals surface area contributed by atoms with E-state index in [0.717, 1.165) is 44.8 Å². The molecule has 34 heavy (non-hydrogen) atoms. The normalized spacial score (nSPS) is 18.5. The summed E-state index contributed by atoms with van der Waals surface area (Å²) in [5.74, 6) is 1.57. The summed E-state index contributed by atoms with van der Waals surface area (Å²) in [5, 5.41) is 9.86. The first-order chi connectivity index (χ1) is 16.5. The van der Waals surface area contributed by atoms with E-state index in [0.29, 0.717) is 5.02 Å². The van der Waals surface area contributed by atoms with Crippen LogP contribution < -0.4 is 10.1 Å². The fraction of sp³-hybridized carbons (Fsp3) is 0.185. The van der Waals surface area contributed by atoms with Crippen LogP contribution in [0.2, 0.25) is 5.02 Å². The van der Waals surface area contributed by atoms with Gasteiger partial charge in [0.2, 0.25) is 11.1 Å². The molecule has 0 fully saturated rings. The second kappa shape index (κ2) is 8.22. The van der Waals surface area contributed by atoms with E-state index in [1.807, 2.05) is 35.2 Å². The van der Waals surface area contributed by atoms with Crippen molar-refractivity contribution in [3.8, 4) is 5.75 Å². The molecule has 0 amide bonds. The van der Waals surface area contributed by atoms with E-state index < -0.39 is 0 Å². The molecule has 0 saturated heterocycles. The molecule has 0 bridgehead atoms. The molecule has 1 N–H and O–H groups in total. The highest BCUT2D eigenvalue weighted by atomic mass is 35.5. The number of thioether (sulfide) groups is 1. The zero-order valence-corrected chi connectivity index (χ0v) is 20.6. The van der Waals surface area contributed by atoms with Crippen LogP contribution in [0.3, 0.4) is 0 Å². The van der Waals surface area contributed by atoms with E-state index in [1.165, 1.54) is 22.9 Å². The van der Waals surface area contributed by atoms with Gasteiger partial charge in [-0.25, -0.2) is 4.68 Å². The molecule has 0 spiro atoms. The lowest BCUT2D eigenvalue weighted by molar-refractivity contribution is 0.223. The number of benzene rings is 3. The van der Waals surface area contributed by atoms with Gasteiger partial charge in [-0.3, -0.25) is 0 Å². The van der Waals surface area contributed by atoms with Crippen LogP contribution in [0.15, 0.2) is 77.5 Å². The van der Waals surface area contributed by atoms with Gasteiger partial charge in [-0.15, -0.1) is 5.10 Å². The Morgan fingerprint density at radius 2 is 1.76 bits per heavy atom. The summed E-state index contributed by atoms with van der Waals surface area (Å²) in [6.07, 6.45) is 1.66. The summed E-state index contributed by atoms with van der Waals surface area (Å²) in [7, 11) is 0. The molecule has 1 aromatic heterocycles. The van der Waals surface area contributed by atoms with Crippen LogP contribution in [0.1, 0.15) is 40.0 Å². The summed E-state index contributed by atoms with van der Waals surface area (Å²) in [6.45, 7) is 4.19. The van der Waals surface area contributed by atoms with Gasteiger partial charge in [0.15, 0.2) is 0 Å². The number of aryl methyl sites for hydroxylation is 2. The fourth-order valence-corrected chi connectivity index (χ4v) is 5.27. The van der Waals surface area contributed by atoms with Crippen LogP contribution in [0.5, 0.6) is 5.75 Å². The Morgan fingerprint density at radius 1 is 0.971 bits per heavy atom. The number of aromatic nitrogens is 3. The zero-order chi connectivity index (χ0) is 23.4. The van der Waals surface area contributed by atoms with Crippen molar-refractivity contribution in [2.75, 3.05) is 11.6 Å². The van der Waals surface area contributed by atoms with Crippen molar-refractivity contribution in [1.29, 1.82) is 0 Å². The Morgan fingerprint density at radius 3 is 2.53 bits per heavy atom. The Kier molecular flexibility index (Phi) is 5.15. The molecule has 4 aromatic rings. The summed E-state index contributed by atoms with van der Waals surface area (Å²) in [4.78, 5) is 4.77. The average molecular weight is 487 g/mol. The molecular weight excluding hydrogens is 464 g/mol. The van der Waals surface area contributed by atoms with E-state index in [9.17, 15) is 0 Å². The highest BCUT2D eigenvalue weighted by molar-refractivity contribution is 7.98. The van der Waals surface area contributed by atoms with Gasteiger partial charge in [0.1, 0.15) is 17.9 Å². The maximum absolute atomic E-state index is 6.70.